The van der Waals surface area contributed by atoms with E-state index in [9.17, 15) is 4.79 Å². The molecule has 0 saturated heterocycles. The molecular formula is C14H20ClN5OS. The molecule has 3 heterocycles. The van der Waals surface area contributed by atoms with Gasteiger partial charge in [-0.1, -0.05) is 6.92 Å². The van der Waals surface area contributed by atoms with E-state index in [4.69, 9.17) is 0 Å². The quantitative estimate of drug-likeness (QED) is 0.769. The number of nitrogens with zero attached hydrogens (tertiary/aromatic N) is 2. The third-order valence-corrected chi connectivity index (χ3v) is 4.80. The molecule has 22 heavy (non-hydrogen) atoms. The van der Waals surface area contributed by atoms with Gasteiger partial charge in [-0.25, -0.2) is 4.98 Å². The van der Waals surface area contributed by atoms with Crippen molar-refractivity contribution in [2.24, 2.45) is 0 Å². The molecule has 0 atom stereocenters. The maximum atomic E-state index is 12.2. The molecule has 1 amide bonds. The number of thiazole rings is 1. The molecular weight excluding hydrogens is 322 g/mol. The summed E-state index contributed by atoms with van der Waals surface area (Å²) in [6.45, 7) is 4.35. The number of amides is 1. The average Bonchev–Trinajstić information content (AvgIpc) is 3.13. The number of nitrogens with one attached hydrogen (secondary N) is 3. The van der Waals surface area contributed by atoms with Crippen molar-refractivity contribution in [3.8, 4) is 0 Å². The molecule has 120 valence electrons. The number of carbonyl (C=O) groups excluding carboxylic acids is 1. The predicted molar refractivity (Wildman–Crippen MR) is 88.8 cm³/mol. The highest BCUT2D eigenvalue weighted by Crippen LogP contribution is 2.15. The van der Waals surface area contributed by atoms with Crippen molar-refractivity contribution in [1.29, 1.82) is 0 Å². The van der Waals surface area contributed by atoms with Gasteiger partial charge in [0.15, 0.2) is 5.69 Å². The lowest BCUT2D eigenvalue weighted by Crippen LogP contribution is -2.29. The van der Waals surface area contributed by atoms with Crippen LogP contribution in [0.25, 0.3) is 0 Å². The smallest absolute Gasteiger partial charge is 0.272 e. The number of aromatic nitrogens is 3. The number of aromatic amines is 1. The normalized spacial score (nSPS) is 13.3. The number of aryl methyl sites for hydroxylation is 1. The predicted octanol–water partition coefficient (Wildman–Crippen LogP) is 1.47. The molecule has 0 radical (unpaired) electrons. The van der Waals surface area contributed by atoms with E-state index in [-0.39, 0.29) is 18.3 Å². The molecule has 0 aromatic carbocycles. The van der Waals surface area contributed by atoms with Crippen molar-refractivity contribution < 1.29 is 4.79 Å². The number of fused-ring (bicyclic) bond motifs is 1. The summed E-state index contributed by atoms with van der Waals surface area (Å²) in [4.78, 5) is 17.8. The van der Waals surface area contributed by atoms with E-state index in [0.717, 1.165) is 42.1 Å². The molecule has 0 aliphatic carbocycles. The minimum Gasteiger partial charge on any atom is -0.350 e. The van der Waals surface area contributed by atoms with Crippen LogP contribution >= 0.6 is 23.7 Å². The molecule has 6 nitrogen and oxygen atoms in total. The Bertz CT molecular complexity index is 639. The van der Waals surface area contributed by atoms with Gasteiger partial charge in [0.2, 0.25) is 0 Å². The molecule has 8 heteroatoms. The first-order chi connectivity index (χ1) is 10.3. The van der Waals surface area contributed by atoms with Gasteiger partial charge in [-0.05, 0) is 6.42 Å². The Hall–Kier alpha value is -1.44. The Morgan fingerprint density at radius 2 is 2.36 bits per heavy atom. The summed E-state index contributed by atoms with van der Waals surface area (Å²) in [6, 6.07) is 0. The summed E-state index contributed by atoms with van der Waals surface area (Å²) in [6.07, 6.45) is 4.59. The van der Waals surface area contributed by atoms with E-state index in [1.54, 1.807) is 11.3 Å². The Labute approximate surface area is 139 Å². The molecule has 2 aromatic rings. The second-order valence-electron chi connectivity index (χ2n) is 5.04. The van der Waals surface area contributed by atoms with Gasteiger partial charge < -0.3 is 10.6 Å². The largest absolute Gasteiger partial charge is 0.350 e. The van der Waals surface area contributed by atoms with Crippen LogP contribution in [-0.4, -0.2) is 34.2 Å². The monoisotopic (exact) mass is 341 g/mol. The Morgan fingerprint density at radius 3 is 3.14 bits per heavy atom. The van der Waals surface area contributed by atoms with E-state index in [0.29, 0.717) is 18.8 Å². The van der Waals surface area contributed by atoms with Crippen LogP contribution in [-0.2, 0) is 25.8 Å². The maximum Gasteiger partial charge on any atom is 0.272 e. The molecule has 0 unspecified atom stereocenters. The Morgan fingerprint density at radius 1 is 1.50 bits per heavy atom. The van der Waals surface area contributed by atoms with E-state index < -0.39 is 0 Å². The Kier molecular flexibility index (Phi) is 5.93. The van der Waals surface area contributed by atoms with E-state index in [2.05, 4.69) is 32.7 Å². The minimum absolute atomic E-state index is 0. The number of hydrogen-bond donors (Lipinski definition) is 3. The SMILES string of the molecule is CCc1cnc(CCNC(=O)c2n[nH]c3c2CNCC3)s1.Cl. The summed E-state index contributed by atoms with van der Waals surface area (Å²) in [7, 11) is 0. The zero-order valence-electron chi connectivity index (χ0n) is 12.4. The molecule has 1 aliphatic rings. The van der Waals surface area contributed by atoms with Crippen LogP contribution in [0.3, 0.4) is 0 Å². The maximum absolute atomic E-state index is 12.2. The van der Waals surface area contributed by atoms with Gasteiger partial charge in [0.1, 0.15) is 0 Å². The average molecular weight is 342 g/mol. The summed E-state index contributed by atoms with van der Waals surface area (Å²) in [5.41, 5.74) is 2.60. The van der Waals surface area contributed by atoms with Gasteiger partial charge in [0, 0.05) is 54.8 Å². The highest BCUT2D eigenvalue weighted by molar-refractivity contribution is 7.11. The fourth-order valence-electron chi connectivity index (χ4n) is 2.41. The fraction of sp³-hybridized carbons (Fsp3) is 0.500. The molecule has 0 bridgehead atoms. The topological polar surface area (TPSA) is 82.7 Å². The minimum atomic E-state index is -0.108. The van der Waals surface area contributed by atoms with Crippen molar-refractivity contribution in [1.82, 2.24) is 25.8 Å². The summed E-state index contributed by atoms with van der Waals surface area (Å²) < 4.78 is 0. The molecule has 0 spiro atoms. The highest BCUT2D eigenvalue weighted by Gasteiger charge is 2.21. The van der Waals surface area contributed by atoms with E-state index >= 15 is 0 Å². The molecule has 3 rings (SSSR count). The molecule has 1 aliphatic heterocycles. The lowest BCUT2D eigenvalue weighted by molar-refractivity contribution is 0.0948. The van der Waals surface area contributed by atoms with Crippen LogP contribution in [0.5, 0.6) is 0 Å². The highest BCUT2D eigenvalue weighted by atomic mass is 35.5. The van der Waals surface area contributed by atoms with Crippen molar-refractivity contribution in [3.63, 3.8) is 0 Å². The first kappa shape index (κ1) is 16.9. The lowest BCUT2D eigenvalue weighted by atomic mass is 10.1. The van der Waals surface area contributed by atoms with Gasteiger partial charge in [-0.3, -0.25) is 9.89 Å². The summed E-state index contributed by atoms with van der Waals surface area (Å²) in [5.74, 6) is -0.108. The van der Waals surface area contributed by atoms with Gasteiger partial charge in [-0.2, -0.15) is 5.10 Å². The van der Waals surface area contributed by atoms with Crippen LogP contribution < -0.4 is 10.6 Å². The number of H-pyrrole nitrogens is 1. The van der Waals surface area contributed by atoms with Crippen LogP contribution in [0.4, 0.5) is 0 Å². The molecule has 0 saturated carbocycles. The van der Waals surface area contributed by atoms with Gasteiger partial charge in [0.25, 0.3) is 5.91 Å². The van der Waals surface area contributed by atoms with Crippen molar-refractivity contribution in [3.05, 3.63) is 33.0 Å². The van der Waals surface area contributed by atoms with E-state index in [1.165, 1.54) is 4.88 Å². The molecule has 2 aromatic heterocycles. The standard InChI is InChI=1S/C14H19N5OS.ClH/c1-2-9-7-17-12(21-9)4-6-16-14(20)13-10-8-15-5-3-11(10)18-19-13;/h7,15H,2-6,8H2,1H3,(H,16,20)(H,18,19);1H. The summed E-state index contributed by atoms with van der Waals surface area (Å²) >= 11 is 1.71. The van der Waals surface area contributed by atoms with Crippen LogP contribution in [0.2, 0.25) is 0 Å². The fourth-order valence-corrected chi connectivity index (χ4v) is 3.27. The van der Waals surface area contributed by atoms with Crippen LogP contribution in [0, 0.1) is 0 Å². The summed E-state index contributed by atoms with van der Waals surface area (Å²) in [5, 5.41) is 14.4. The second-order valence-corrected chi connectivity index (χ2v) is 6.24. The third-order valence-electron chi connectivity index (χ3n) is 3.60. The number of hydrogen-bond acceptors (Lipinski definition) is 5. The number of halogens is 1. The zero-order valence-corrected chi connectivity index (χ0v) is 14.1. The van der Waals surface area contributed by atoms with Crippen molar-refractivity contribution in [2.45, 2.75) is 32.7 Å². The first-order valence-electron chi connectivity index (χ1n) is 7.26. The van der Waals surface area contributed by atoms with E-state index in [1.807, 2.05) is 6.20 Å². The van der Waals surface area contributed by atoms with Gasteiger partial charge >= 0.3 is 0 Å². The van der Waals surface area contributed by atoms with Crippen molar-refractivity contribution in [2.75, 3.05) is 13.1 Å². The first-order valence-corrected chi connectivity index (χ1v) is 8.08. The molecule has 0 fully saturated rings. The van der Waals surface area contributed by atoms with Crippen molar-refractivity contribution >= 4 is 29.7 Å². The van der Waals surface area contributed by atoms with Crippen LogP contribution in [0.1, 0.15) is 38.6 Å². The lowest BCUT2D eigenvalue weighted by Gasteiger charge is -2.12. The number of rotatable bonds is 5. The number of carbonyl (C=O) groups is 1. The Balaban J connectivity index is 0.00000176. The van der Waals surface area contributed by atoms with Crippen LogP contribution in [0.15, 0.2) is 6.20 Å². The third kappa shape index (κ3) is 3.66. The second kappa shape index (κ2) is 7.71. The van der Waals surface area contributed by atoms with Gasteiger partial charge in [-0.15, -0.1) is 23.7 Å². The zero-order chi connectivity index (χ0) is 14.7. The molecule has 3 N–H and O–H groups in total. The van der Waals surface area contributed by atoms with Gasteiger partial charge in [0.05, 0.1) is 5.01 Å².